The second-order valence-electron chi connectivity index (χ2n) is 5.36. The molecule has 0 aromatic heterocycles. The Balaban J connectivity index is 3.00. The van der Waals surface area contributed by atoms with Gasteiger partial charge < -0.3 is 10.6 Å². The summed E-state index contributed by atoms with van der Waals surface area (Å²) >= 11 is 5.10. The Morgan fingerprint density at radius 1 is 1.29 bits per heavy atom. The fourth-order valence-electron chi connectivity index (χ4n) is 2.27. The summed E-state index contributed by atoms with van der Waals surface area (Å²) in [5.41, 5.74) is 6.91. The summed E-state index contributed by atoms with van der Waals surface area (Å²) in [5, 5.41) is 0. The second kappa shape index (κ2) is 8.74. The van der Waals surface area contributed by atoms with Crippen LogP contribution in [0, 0.1) is 0 Å². The van der Waals surface area contributed by atoms with Gasteiger partial charge in [-0.05, 0) is 18.5 Å². The highest BCUT2D eigenvalue weighted by Gasteiger charge is 2.23. The van der Waals surface area contributed by atoms with Crippen LogP contribution >= 0.6 is 12.2 Å². The van der Waals surface area contributed by atoms with Crippen LogP contribution in [0.25, 0.3) is 0 Å². The monoisotopic (exact) mass is 307 g/mol. The molecular weight excluding hydrogens is 282 g/mol. The van der Waals surface area contributed by atoms with Crippen LogP contribution in [-0.4, -0.2) is 47.9 Å². The van der Waals surface area contributed by atoms with Crippen LogP contribution in [0.1, 0.15) is 31.4 Å². The molecule has 2 N–H and O–H groups in total. The molecule has 1 amide bonds. The molecule has 0 spiro atoms. The third-order valence-corrected chi connectivity index (χ3v) is 3.53. The number of carbonyl (C=O) groups excluding carboxylic acids is 1. The van der Waals surface area contributed by atoms with E-state index in [9.17, 15) is 4.79 Å². The predicted octanol–water partition coefficient (Wildman–Crippen LogP) is 2.20. The minimum Gasteiger partial charge on any atom is -0.393 e. The Morgan fingerprint density at radius 2 is 1.90 bits per heavy atom. The van der Waals surface area contributed by atoms with Crippen LogP contribution in [0.15, 0.2) is 30.3 Å². The van der Waals surface area contributed by atoms with Crippen LogP contribution in [-0.2, 0) is 4.79 Å². The van der Waals surface area contributed by atoms with Crippen LogP contribution in [0.4, 0.5) is 0 Å². The normalized spacial score (nSPS) is 12.2. The van der Waals surface area contributed by atoms with Crippen molar-refractivity contribution in [3.8, 4) is 0 Å². The summed E-state index contributed by atoms with van der Waals surface area (Å²) in [4.78, 5) is 16.3. The van der Waals surface area contributed by atoms with Gasteiger partial charge in [-0.3, -0.25) is 9.69 Å². The summed E-state index contributed by atoms with van der Waals surface area (Å²) in [6.07, 6.45) is 1.56. The van der Waals surface area contributed by atoms with Crippen molar-refractivity contribution in [2.45, 2.75) is 25.8 Å². The predicted molar refractivity (Wildman–Crippen MR) is 91.1 cm³/mol. The Morgan fingerprint density at radius 3 is 2.38 bits per heavy atom. The number of nitrogens with zero attached hydrogens (tertiary/aromatic N) is 2. The van der Waals surface area contributed by atoms with Crippen LogP contribution < -0.4 is 5.73 Å². The first-order chi connectivity index (χ1) is 9.95. The Bertz CT molecular complexity index is 462. The Kier molecular flexibility index (Phi) is 7.32. The van der Waals surface area contributed by atoms with Crippen molar-refractivity contribution in [1.82, 2.24) is 9.80 Å². The zero-order valence-electron chi connectivity index (χ0n) is 13.1. The van der Waals surface area contributed by atoms with Gasteiger partial charge in [0.1, 0.15) is 0 Å². The van der Waals surface area contributed by atoms with Gasteiger partial charge in [-0.2, -0.15) is 0 Å². The van der Waals surface area contributed by atoms with Gasteiger partial charge in [0.05, 0.1) is 11.5 Å². The maximum absolute atomic E-state index is 12.1. The van der Waals surface area contributed by atoms with Gasteiger partial charge in [0, 0.05) is 26.6 Å². The van der Waals surface area contributed by atoms with Crippen molar-refractivity contribution >= 4 is 23.1 Å². The molecule has 0 heterocycles. The van der Waals surface area contributed by atoms with E-state index in [0.29, 0.717) is 18.0 Å². The standard InChI is InChI=1S/C16H25N3OS/c1-4-10-19(12-16(20)18(2)3)14(11-15(17)21)13-8-6-5-7-9-13/h5-9,14H,4,10-12H2,1-3H3,(H2,17,21). The number of nitrogens with two attached hydrogens (primary N) is 1. The molecule has 1 aromatic rings. The molecule has 4 nitrogen and oxygen atoms in total. The number of likely N-dealkylation sites (N-methyl/N-ethyl adjacent to an activating group) is 1. The molecular formula is C16H25N3OS. The van der Waals surface area contributed by atoms with E-state index >= 15 is 0 Å². The highest BCUT2D eigenvalue weighted by Crippen LogP contribution is 2.24. The number of carbonyl (C=O) groups is 1. The van der Waals surface area contributed by atoms with E-state index in [-0.39, 0.29) is 11.9 Å². The number of hydrogen-bond donors (Lipinski definition) is 1. The maximum atomic E-state index is 12.1. The summed E-state index contributed by atoms with van der Waals surface area (Å²) in [5.74, 6) is 0.0901. The van der Waals surface area contributed by atoms with Gasteiger partial charge >= 0.3 is 0 Å². The summed E-state index contributed by atoms with van der Waals surface area (Å²) in [6, 6.07) is 10.2. The van der Waals surface area contributed by atoms with E-state index in [2.05, 4.69) is 24.0 Å². The highest BCUT2D eigenvalue weighted by molar-refractivity contribution is 7.80. The van der Waals surface area contributed by atoms with Gasteiger partial charge in [0.2, 0.25) is 5.91 Å². The number of amides is 1. The van der Waals surface area contributed by atoms with E-state index in [1.807, 2.05) is 18.2 Å². The lowest BCUT2D eigenvalue weighted by Gasteiger charge is -2.32. The van der Waals surface area contributed by atoms with Crippen molar-refractivity contribution in [1.29, 1.82) is 0 Å². The molecule has 0 radical (unpaired) electrons. The van der Waals surface area contributed by atoms with Crippen LogP contribution in [0.3, 0.4) is 0 Å². The maximum Gasteiger partial charge on any atom is 0.236 e. The minimum atomic E-state index is 0.0487. The molecule has 5 heteroatoms. The third-order valence-electron chi connectivity index (χ3n) is 3.37. The number of benzene rings is 1. The number of hydrogen-bond acceptors (Lipinski definition) is 3. The first-order valence-corrected chi connectivity index (χ1v) is 7.64. The van der Waals surface area contributed by atoms with E-state index in [1.165, 1.54) is 0 Å². The molecule has 0 aliphatic rings. The Labute approximate surface area is 132 Å². The average Bonchev–Trinajstić information content (AvgIpc) is 2.45. The summed E-state index contributed by atoms with van der Waals surface area (Å²) < 4.78 is 0. The van der Waals surface area contributed by atoms with Crippen molar-refractivity contribution in [2.24, 2.45) is 5.73 Å². The lowest BCUT2D eigenvalue weighted by Crippen LogP contribution is -2.40. The zero-order chi connectivity index (χ0) is 15.8. The van der Waals surface area contributed by atoms with Crippen molar-refractivity contribution in [3.05, 3.63) is 35.9 Å². The second-order valence-corrected chi connectivity index (χ2v) is 5.88. The van der Waals surface area contributed by atoms with Crippen molar-refractivity contribution in [3.63, 3.8) is 0 Å². The van der Waals surface area contributed by atoms with Crippen molar-refractivity contribution < 1.29 is 4.79 Å². The zero-order valence-corrected chi connectivity index (χ0v) is 13.9. The van der Waals surface area contributed by atoms with E-state index in [1.54, 1.807) is 19.0 Å². The molecule has 21 heavy (non-hydrogen) atoms. The quantitative estimate of drug-likeness (QED) is 0.748. The smallest absolute Gasteiger partial charge is 0.236 e. The van der Waals surface area contributed by atoms with Gasteiger partial charge in [0.25, 0.3) is 0 Å². The molecule has 0 saturated carbocycles. The van der Waals surface area contributed by atoms with E-state index in [0.717, 1.165) is 18.5 Å². The number of thiocarbonyl (C=S) groups is 1. The first kappa shape index (κ1) is 17.6. The molecule has 0 saturated heterocycles. The largest absolute Gasteiger partial charge is 0.393 e. The van der Waals surface area contributed by atoms with E-state index < -0.39 is 0 Å². The van der Waals surface area contributed by atoms with E-state index in [4.69, 9.17) is 18.0 Å². The lowest BCUT2D eigenvalue weighted by atomic mass is 10.0. The molecule has 1 atom stereocenters. The highest BCUT2D eigenvalue weighted by atomic mass is 32.1. The average molecular weight is 307 g/mol. The molecule has 1 aromatic carbocycles. The fraction of sp³-hybridized carbons (Fsp3) is 0.500. The van der Waals surface area contributed by atoms with Gasteiger partial charge in [-0.25, -0.2) is 0 Å². The van der Waals surface area contributed by atoms with Crippen LogP contribution in [0.2, 0.25) is 0 Å². The minimum absolute atomic E-state index is 0.0487. The molecule has 0 aliphatic carbocycles. The number of rotatable bonds is 8. The van der Waals surface area contributed by atoms with Gasteiger partial charge in [-0.15, -0.1) is 0 Å². The van der Waals surface area contributed by atoms with Gasteiger partial charge in [-0.1, -0.05) is 49.5 Å². The molecule has 0 bridgehead atoms. The summed E-state index contributed by atoms with van der Waals surface area (Å²) in [7, 11) is 3.55. The molecule has 0 fully saturated rings. The fourth-order valence-corrected chi connectivity index (χ4v) is 2.43. The SMILES string of the molecule is CCCN(CC(=O)N(C)C)C(CC(N)=S)c1ccccc1. The molecule has 116 valence electrons. The topological polar surface area (TPSA) is 49.6 Å². The molecule has 1 rings (SSSR count). The molecule has 0 aliphatic heterocycles. The Hall–Kier alpha value is -1.46. The van der Waals surface area contributed by atoms with Crippen molar-refractivity contribution in [2.75, 3.05) is 27.2 Å². The first-order valence-electron chi connectivity index (χ1n) is 7.23. The van der Waals surface area contributed by atoms with Gasteiger partial charge in [0.15, 0.2) is 0 Å². The molecule has 1 unspecified atom stereocenters. The lowest BCUT2D eigenvalue weighted by molar-refractivity contribution is -0.130. The third kappa shape index (κ3) is 5.81. The summed E-state index contributed by atoms with van der Waals surface area (Å²) in [6.45, 7) is 3.32. The van der Waals surface area contributed by atoms with Crippen LogP contribution in [0.5, 0.6) is 0 Å².